The van der Waals surface area contributed by atoms with Gasteiger partial charge in [-0.25, -0.2) is 4.39 Å². The molecular weight excluding hydrogens is 489 g/mol. The summed E-state index contributed by atoms with van der Waals surface area (Å²) in [6, 6.07) is 12.6. The molecule has 2 heterocycles. The summed E-state index contributed by atoms with van der Waals surface area (Å²) >= 11 is 6.32. The molecule has 172 valence electrons. The van der Waals surface area contributed by atoms with Crippen molar-refractivity contribution in [3.63, 3.8) is 0 Å². The van der Waals surface area contributed by atoms with E-state index in [2.05, 4.69) is 5.32 Å². The normalized spacial score (nSPS) is 14.6. The number of nitrogens with zero attached hydrogens (tertiary/aromatic N) is 2. The van der Waals surface area contributed by atoms with E-state index < -0.39 is 34.3 Å². The van der Waals surface area contributed by atoms with E-state index in [-0.39, 0.29) is 27.1 Å². The molecule has 0 atom stereocenters. The summed E-state index contributed by atoms with van der Waals surface area (Å²) in [7, 11) is 0. The molecule has 1 aliphatic heterocycles. The Balaban J connectivity index is 1.46. The summed E-state index contributed by atoms with van der Waals surface area (Å²) in [5.74, 6) is -1.42. The number of furan rings is 1. The fraction of sp³-hybridized carbons (Fsp3) is 0.0455. The highest BCUT2D eigenvalue weighted by molar-refractivity contribution is 8.18. The third kappa shape index (κ3) is 5.00. The molecule has 2 aromatic carbocycles. The third-order valence-electron chi connectivity index (χ3n) is 4.62. The molecule has 0 bridgehead atoms. The number of halogens is 2. The maximum absolute atomic E-state index is 13.2. The number of nitrogens with one attached hydrogen (secondary N) is 1. The number of nitro groups is 1. The molecule has 1 N–H and O–H groups in total. The van der Waals surface area contributed by atoms with Gasteiger partial charge in [0.05, 0.1) is 14.9 Å². The van der Waals surface area contributed by atoms with Crippen molar-refractivity contribution in [2.75, 3.05) is 11.9 Å². The maximum atomic E-state index is 13.2. The first-order valence-electron chi connectivity index (χ1n) is 9.56. The van der Waals surface area contributed by atoms with Crippen LogP contribution in [-0.2, 0) is 9.59 Å². The lowest BCUT2D eigenvalue weighted by atomic mass is 10.1. The van der Waals surface area contributed by atoms with Gasteiger partial charge in [0.1, 0.15) is 23.9 Å². The van der Waals surface area contributed by atoms with Gasteiger partial charge in [0.2, 0.25) is 5.91 Å². The van der Waals surface area contributed by atoms with Crippen LogP contribution in [0.15, 0.2) is 63.9 Å². The average Bonchev–Trinajstić information content (AvgIpc) is 3.37. The van der Waals surface area contributed by atoms with Gasteiger partial charge < -0.3 is 9.73 Å². The number of nitro benzene ring substituents is 1. The minimum Gasteiger partial charge on any atom is -0.457 e. The van der Waals surface area contributed by atoms with E-state index in [9.17, 15) is 28.9 Å². The summed E-state index contributed by atoms with van der Waals surface area (Å²) in [5, 5.41) is 12.6. The molecule has 4 rings (SSSR count). The van der Waals surface area contributed by atoms with E-state index in [0.29, 0.717) is 23.1 Å². The fourth-order valence-corrected chi connectivity index (χ4v) is 4.04. The molecule has 0 saturated carbocycles. The molecule has 3 aromatic rings. The van der Waals surface area contributed by atoms with Crippen molar-refractivity contribution in [2.24, 2.45) is 0 Å². The largest absolute Gasteiger partial charge is 0.457 e. The molecule has 0 radical (unpaired) electrons. The molecule has 9 nitrogen and oxygen atoms in total. The molecule has 3 amide bonds. The Bertz CT molecular complexity index is 1370. The van der Waals surface area contributed by atoms with E-state index in [1.54, 1.807) is 18.2 Å². The van der Waals surface area contributed by atoms with Crippen LogP contribution in [0.2, 0.25) is 5.02 Å². The minimum atomic E-state index is -0.685. The van der Waals surface area contributed by atoms with Crippen molar-refractivity contribution in [1.82, 2.24) is 4.90 Å². The molecule has 0 aliphatic carbocycles. The van der Waals surface area contributed by atoms with Crippen LogP contribution >= 0.6 is 23.4 Å². The molecule has 1 saturated heterocycles. The van der Waals surface area contributed by atoms with Gasteiger partial charge >= 0.3 is 0 Å². The monoisotopic (exact) mass is 501 g/mol. The number of imide groups is 1. The van der Waals surface area contributed by atoms with Gasteiger partial charge in [-0.15, -0.1) is 0 Å². The standard InChI is InChI=1S/C22H13ClFN3O6S/c23-16-9-13(4-6-17(16)24)25-20(28)11-26-21(29)19(34-22(26)30)10-15-5-7-18(33-15)12-2-1-3-14(8-12)27(31)32/h1-10H,11H2,(H,25,28)/b19-10+. The van der Waals surface area contributed by atoms with Gasteiger partial charge in [-0.1, -0.05) is 23.7 Å². The highest BCUT2D eigenvalue weighted by Gasteiger charge is 2.36. The van der Waals surface area contributed by atoms with Crippen LogP contribution in [0.25, 0.3) is 17.4 Å². The molecule has 0 unspecified atom stereocenters. The summed E-state index contributed by atoms with van der Waals surface area (Å²) in [4.78, 5) is 48.5. The molecule has 1 fully saturated rings. The van der Waals surface area contributed by atoms with E-state index in [0.717, 1.165) is 11.0 Å². The van der Waals surface area contributed by atoms with Gasteiger partial charge in [-0.3, -0.25) is 29.4 Å². The average molecular weight is 502 g/mol. The number of benzene rings is 2. The molecule has 34 heavy (non-hydrogen) atoms. The maximum Gasteiger partial charge on any atom is 0.294 e. The van der Waals surface area contributed by atoms with Crippen molar-refractivity contribution in [3.8, 4) is 11.3 Å². The SMILES string of the molecule is O=C(CN1C(=O)S/C(=C/c2ccc(-c3cccc([N+](=O)[O-])c3)o2)C1=O)Nc1ccc(F)c(Cl)c1. The second-order valence-electron chi connectivity index (χ2n) is 6.95. The second-order valence-corrected chi connectivity index (χ2v) is 8.35. The highest BCUT2D eigenvalue weighted by atomic mass is 35.5. The lowest BCUT2D eigenvalue weighted by Crippen LogP contribution is -2.36. The second kappa shape index (κ2) is 9.49. The van der Waals surface area contributed by atoms with E-state index in [1.807, 2.05) is 0 Å². The first kappa shape index (κ1) is 23.2. The fourth-order valence-electron chi connectivity index (χ4n) is 3.04. The van der Waals surface area contributed by atoms with Crippen LogP contribution in [0.4, 0.5) is 20.6 Å². The lowest BCUT2D eigenvalue weighted by molar-refractivity contribution is -0.384. The first-order chi connectivity index (χ1) is 16.2. The number of non-ortho nitro benzene ring substituents is 1. The number of amides is 3. The zero-order valence-corrected chi connectivity index (χ0v) is 18.6. The number of hydrogen-bond acceptors (Lipinski definition) is 7. The number of thioether (sulfide) groups is 1. The summed E-state index contributed by atoms with van der Waals surface area (Å²) in [6.45, 7) is -0.548. The van der Waals surface area contributed by atoms with E-state index in [4.69, 9.17) is 16.0 Å². The topological polar surface area (TPSA) is 123 Å². The molecular formula is C22H13ClFN3O6S. The quantitative estimate of drug-likeness (QED) is 0.275. The number of rotatable bonds is 6. The Morgan fingerprint density at radius 1 is 1.21 bits per heavy atom. The Morgan fingerprint density at radius 3 is 2.74 bits per heavy atom. The Hall–Kier alpha value is -3.96. The minimum absolute atomic E-state index is 0.0440. The summed E-state index contributed by atoms with van der Waals surface area (Å²) in [5.41, 5.74) is 0.584. The Kier molecular flexibility index (Phi) is 6.48. The highest BCUT2D eigenvalue weighted by Crippen LogP contribution is 2.33. The molecule has 1 aliphatic rings. The van der Waals surface area contributed by atoms with Gasteiger partial charge in [0.25, 0.3) is 16.8 Å². The predicted octanol–water partition coefficient (Wildman–Crippen LogP) is 5.32. The number of anilines is 1. The van der Waals surface area contributed by atoms with E-state index in [1.165, 1.54) is 36.4 Å². The van der Waals surface area contributed by atoms with Crippen molar-refractivity contribution in [1.29, 1.82) is 0 Å². The summed E-state index contributed by atoms with van der Waals surface area (Å²) in [6.07, 6.45) is 1.35. The van der Waals surface area contributed by atoms with Crippen LogP contribution in [0, 0.1) is 15.9 Å². The predicted molar refractivity (Wildman–Crippen MR) is 124 cm³/mol. The molecule has 0 spiro atoms. The van der Waals surface area contributed by atoms with Gasteiger partial charge in [0, 0.05) is 29.5 Å². The summed E-state index contributed by atoms with van der Waals surface area (Å²) < 4.78 is 18.9. The number of carbonyl (C=O) groups excluding carboxylic acids is 3. The smallest absolute Gasteiger partial charge is 0.294 e. The number of carbonyl (C=O) groups is 3. The van der Waals surface area contributed by atoms with Crippen molar-refractivity contribution in [2.45, 2.75) is 0 Å². The van der Waals surface area contributed by atoms with Crippen LogP contribution < -0.4 is 5.32 Å². The third-order valence-corrected chi connectivity index (χ3v) is 5.82. The number of hydrogen-bond donors (Lipinski definition) is 1. The van der Waals surface area contributed by atoms with Gasteiger partial charge in [-0.05, 0) is 42.1 Å². The zero-order chi connectivity index (χ0) is 24.4. The lowest BCUT2D eigenvalue weighted by Gasteiger charge is -2.12. The van der Waals surface area contributed by atoms with Gasteiger partial charge in [0.15, 0.2) is 0 Å². The molecule has 12 heteroatoms. The van der Waals surface area contributed by atoms with Crippen molar-refractivity contribution in [3.05, 3.63) is 86.2 Å². The van der Waals surface area contributed by atoms with Crippen LogP contribution in [0.5, 0.6) is 0 Å². The zero-order valence-electron chi connectivity index (χ0n) is 17.0. The molecule has 1 aromatic heterocycles. The Morgan fingerprint density at radius 2 is 2.00 bits per heavy atom. The van der Waals surface area contributed by atoms with Crippen molar-refractivity contribution < 1.29 is 28.1 Å². The Labute approximate surface area is 200 Å². The van der Waals surface area contributed by atoms with Crippen LogP contribution in [0.3, 0.4) is 0 Å². The van der Waals surface area contributed by atoms with E-state index >= 15 is 0 Å². The first-order valence-corrected chi connectivity index (χ1v) is 10.8. The van der Waals surface area contributed by atoms with Crippen molar-refractivity contribution >= 4 is 57.9 Å². The van der Waals surface area contributed by atoms with Crippen LogP contribution in [-0.4, -0.2) is 33.4 Å². The van der Waals surface area contributed by atoms with Crippen LogP contribution in [0.1, 0.15) is 5.76 Å². The van der Waals surface area contributed by atoms with Gasteiger partial charge in [-0.2, -0.15) is 0 Å².